The number of aromatic hydroxyl groups is 1. The van der Waals surface area contributed by atoms with E-state index in [-0.39, 0.29) is 18.1 Å². The van der Waals surface area contributed by atoms with Crippen LogP contribution in [-0.2, 0) is 11.2 Å². The van der Waals surface area contributed by atoms with Crippen molar-refractivity contribution in [3.05, 3.63) is 60.2 Å². The Morgan fingerprint density at radius 2 is 1.68 bits per heavy atom. The van der Waals surface area contributed by atoms with Crippen molar-refractivity contribution in [3.63, 3.8) is 0 Å². The molecule has 0 saturated carbocycles. The third-order valence-electron chi connectivity index (χ3n) is 2.96. The minimum Gasteiger partial charge on any atom is -0.508 e. The summed E-state index contributed by atoms with van der Waals surface area (Å²) in [5, 5.41) is 12.9. The highest BCUT2D eigenvalue weighted by molar-refractivity contribution is 7.80. The van der Waals surface area contributed by atoms with E-state index in [1.165, 1.54) is 0 Å². The molecule has 0 unspecified atom stereocenters. The average molecular weight is 315 g/mol. The predicted octanol–water partition coefficient (Wildman–Crippen LogP) is 2.34. The van der Waals surface area contributed by atoms with E-state index in [1.54, 1.807) is 18.2 Å². The molecule has 0 saturated heterocycles. The van der Waals surface area contributed by atoms with Crippen molar-refractivity contribution >= 4 is 28.9 Å². The van der Waals surface area contributed by atoms with Gasteiger partial charge in [-0.2, -0.15) is 0 Å². The van der Waals surface area contributed by atoms with E-state index in [0.717, 1.165) is 11.3 Å². The molecule has 114 valence electrons. The van der Waals surface area contributed by atoms with Crippen LogP contribution < -0.4 is 16.2 Å². The monoisotopic (exact) mass is 315 g/mol. The number of amides is 1. The fourth-order valence-corrected chi connectivity index (χ4v) is 2.01. The minimum absolute atomic E-state index is 0.199. The Labute approximate surface area is 134 Å². The zero-order valence-electron chi connectivity index (χ0n) is 11.9. The maximum absolute atomic E-state index is 11.7. The first kappa shape index (κ1) is 15.8. The second kappa shape index (κ2) is 7.99. The van der Waals surface area contributed by atoms with Crippen molar-refractivity contribution in [2.45, 2.75) is 12.8 Å². The van der Waals surface area contributed by atoms with E-state index in [2.05, 4.69) is 16.2 Å². The molecule has 1 amide bonds. The van der Waals surface area contributed by atoms with Gasteiger partial charge in [0.15, 0.2) is 5.11 Å². The van der Waals surface area contributed by atoms with Crippen molar-refractivity contribution in [1.82, 2.24) is 10.9 Å². The van der Waals surface area contributed by atoms with Crippen LogP contribution in [0.2, 0.25) is 0 Å². The van der Waals surface area contributed by atoms with Gasteiger partial charge in [0.2, 0.25) is 5.91 Å². The lowest BCUT2D eigenvalue weighted by molar-refractivity contribution is -0.121. The molecule has 0 atom stereocenters. The molecule has 0 spiro atoms. The Bertz CT molecular complexity index is 647. The Morgan fingerprint density at radius 3 is 2.41 bits per heavy atom. The Balaban J connectivity index is 1.71. The van der Waals surface area contributed by atoms with Gasteiger partial charge < -0.3 is 10.4 Å². The Hall–Kier alpha value is -2.60. The summed E-state index contributed by atoms with van der Waals surface area (Å²) in [6.07, 6.45) is 0.706. The summed E-state index contributed by atoms with van der Waals surface area (Å²) in [4.78, 5) is 11.7. The highest BCUT2D eigenvalue weighted by Gasteiger charge is 2.05. The van der Waals surface area contributed by atoms with E-state index in [0.29, 0.717) is 11.5 Å². The van der Waals surface area contributed by atoms with Crippen LogP contribution in [0.1, 0.15) is 12.0 Å². The van der Waals surface area contributed by atoms with E-state index in [1.807, 2.05) is 36.4 Å². The van der Waals surface area contributed by atoms with Gasteiger partial charge in [-0.3, -0.25) is 15.6 Å². The van der Waals surface area contributed by atoms with Gasteiger partial charge in [0.25, 0.3) is 0 Å². The summed E-state index contributed by atoms with van der Waals surface area (Å²) in [5.41, 5.74) is 6.73. The molecular weight excluding hydrogens is 298 g/mol. The van der Waals surface area contributed by atoms with Gasteiger partial charge >= 0.3 is 0 Å². The molecule has 5 nitrogen and oxygen atoms in total. The zero-order valence-corrected chi connectivity index (χ0v) is 12.7. The molecule has 0 radical (unpaired) electrons. The summed E-state index contributed by atoms with van der Waals surface area (Å²) >= 11 is 5.08. The molecule has 2 aromatic carbocycles. The van der Waals surface area contributed by atoms with Crippen LogP contribution in [0.4, 0.5) is 5.69 Å². The van der Waals surface area contributed by atoms with Gasteiger partial charge in [-0.1, -0.05) is 36.4 Å². The second-order valence-electron chi connectivity index (χ2n) is 4.62. The molecule has 0 bridgehead atoms. The highest BCUT2D eigenvalue weighted by Crippen LogP contribution is 2.16. The molecule has 2 rings (SSSR count). The molecule has 0 aromatic heterocycles. The van der Waals surface area contributed by atoms with Crippen LogP contribution in [0.25, 0.3) is 0 Å². The molecule has 2 aromatic rings. The summed E-state index contributed by atoms with van der Waals surface area (Å²) in [7, 11) is 0. The minimum atomic E-state index is -0.208. The first-order valence-electron chi connectivity index (χ1n) is 6.83. The molecule has 4 N–H and O–H groups in total. The summed E-state index contributed by atoms with van der Waals surface area (Å²) in [6.45, 7) is 0. The van der Waals surface area contributed by atoms with Crippen LogP contribution >= 0.6 is 12.2 Å². The van der Waals surface area contributed by atoms with Gasteiger partial charge in [-0.05, 0) is 42.4 Å². The Morgan fingerprint density at radius 1 is 1.00 bits per heavy atom. The fourth-order valence-electron chi connectivity index (χ4n) is 1.84. The number of carbonyl (C=O) groups is 1. The lowest BCUT2D eigenvalue weighted by Crippen LogP contribution is -2.43. The Kier molecular flexibility index (Phi) is 5.73. The molecule has 0 aliphatic rings. The number of hydrazine groups is 1. The number of anilines is 1. The van der Waals surface area contributed by atoms with Crippen molar-refractivity contribution < 1.29 is 9.90 Å². The lowest BCUT2D eigenvalue weighted by Gasteiger charge is -2.11. The number of phenols is 1. The highest BCUT2D eigenvalue weighted by atomic mass is 32.1. The number of benzene rings is 2. The number of hydrogen-bond acceptors (Lipinski definition) is 3. The fraction of sp³-hybridized carbons (Fsp3) is 0.125. The van der Waals surface area contributed by atoms with Crippen LogP contribution in [0.15, 0.2) is 54.6 Å². The van der Waals surface area contributed by atoms with E-state index in [9.17, 15) is 9.90 Å². The standard InChI is InChI=1S/C16H17N3O2S/c20-14-9-5-4-6-12(14)10-11-15(21)18-19-16(22)17-13-7-2-1-3-8-13/h1-9,20H,10-11H2,(H,18,21)(H2,17,19,22). The number of hydrogen-bond donors (Lipinski definition) is 4. The maximum atomic E-state index is 11.7. The van der Waals surface area contributed by atoms with Crippen molar-refractivity contribution in [3.8, 4) is 5.75 Å². The molecule has 6 heteroatoms. The second-order valence-corrected chi connectivity index (χ2v) is 5.03. The first-order valence-corrected chi connectivity index (χ1v) is 7.24. The molecule has 0 heterocycles. The summed E-state index contributed by atoms with van der Waals surface area (Å²) < 4.78 is 0. The number of nitrogens with one attached hydrogen (secondary N) is 3. The number of carbonyl (C=O) groups excluding carboxylic acids is 1. The van der Waals surface area contributed by atoms with E-state index < -0.39 is 0 Å². The molecule has 0 fully saturated rings. The first-order chi connectivity index (χ1) is 10.6. The summed E-state index contributed by atoms with van der Waals surface area (Å²) in [5.74, 6) is -0.00927. The van der Waals surface area contributed by atoms with Crippen LogP contribution in [-0.4, -0.2) is 16.1 Å². The third kappa shape index (κ3) is 5.06. The molecule has 0 aliphatic heterocycles. The number of para-hydroxylation sites is 2. The largest absolute Gasteiger partial charge is 0.508 e. The normalized spacial score (nSPS) is 9.82. The van der Waals surface area contributed by atoms with E-state index in [4.69, 9.17) is 12.2 Å². The summed E-state index contributed by atoms with van der Waals surface area (Å²) in [6, 6.07) is 16.4. The van der Waals surface area contributed by atoms with Gasteiger partial charge in [-0.15, -0.1) is 0 Å². The van der Waals surface area contributed by atoms with Crippen molar-refractivity contribution in [1.29, 1.82) is 0 Å². The predicted molar refractivity (Wildman–Crippen MR) is 90.4 cm³/mol. The third-order valence-corrected chi connectivity index (χ3v) is 3.16. The zero-order chi connectivity index (χ0) is 15.8. The van der Waals surface area contributed by atoms with Gasteiger partial charge in [0.05, 0.1) is 0 Å². The average Bonchev–Trinajstić information content (AvgIpc) is 2.53. The van der Waals surface area contributed by atoms with Crippen LogP contribution in [0, 0.1) is 0 Å². The van der Waals surface area contributed by atoms with Gasteiger partial charge in [0, 0.05) is 12.1 Å². The smallest absolute Gasteiger partial charge is 0.238 e. The molecular formula is C16H17N3O2S. The quantitative estimate of drug-likeness (QED) is 0.515. The van der Waals surface area contributed by atoms with Gasteiger partial charge in [0.1, 0.15) is 5.75 Å². The number of thiocarbonyl (C=S) groups is 1. The van der Waals surface area contributed by atoms with Crippen molar-refractivity contribution in [2.75, 3.05) is 5.32 Å². The number of rotatable bonds is 4. The van der Waals surface area contributed by atoms with Crippen molar-refractivity contribution in [2.24, 2.45) is 0 Å². The van der Waals surface area contributed by atoms with E-state index >= 15 is 0 Å². The SMILES string of the molecule is O=C(CCc1ccccc1O)NNC(=S)Nc1ccccc1. The topological polar surface area (TPSA) is 73.4 Å². The number of phenolic OH excluding ortho intramolecular Hbond substituents is 1. The van der Waals surface area contributed by atoms with Crippen LogP contribution in [0.3, 0.4) is 0 Å². The van der Waals surface area contributed by atoms with Gasteiger partial charge in [-0.25, -0.2) is 0 Å². The number of aryl methyl sites for hydroxylation is 1. The molecule has 22 heavy (non-hydrogen) atoms. The molecule has 0 aliphatic carbocycles. The van der Waals surface area contributed by atoms with Crippen LogP contribution in [0.5, 0.6) is 5.75 Å². The maximum Gasteiger partial charge on any atom is 0.238 e. The lowest BCUT2D eigenvalue weighted by atomic mass is 10.1.